The third-order valence-electron chi connectivity index (χ3n) is 4.26. The molecule has 108 valence electrons. The summed E-state index contributed by atoms with van der Waals surface area (Å²) in [5.74, 6) is -0.206. The zero-order valence-corrected chi connectivity index (χ0v) is 11.9. The molecule has 5 nitrogen and oxygen atoms in total. The van der Waals surface area contributed by atoms with Gasteiger partial charge in [0.15, 0.2) is 0 Å². The van der Waals surface area contributed by atoms with Crippen LogP contribution in [0.3, 0.4) is 0 Å². The summed E-state index contributed by atoms with van der Waals surface area (Å²) in [6.45, 7) is 0. The van der Waals surface area contributed by atoms with Gasteiger partial charge in [0.05, 0.1) is 16.8 Å². The predicted octanol–water partition coefficient (Wildman–Crippen LogP) is 2.97. The van der Waals surface area contributed by atoms with Gasteiger partial charge in [-0.05, 0) is 23.6 Å². The number of benzene rings is 1. The van der Waals surface area contributed by atoms with Gasteiger partial charge in [-0.3, -0.25) is 14.8 Å². The van der Waals surface area contributed by atoms with Gasteiger partial charge in [0.1, 0.15) is 11.4 Å². The van der Waals surface area contributed by atoms with Crippen molar-refractivity contribution in [2.24, 2.45) is 0 Å². The Kier molecular flexibility index (Phi) is 2.18. The van der Waals surface area contributed by atoms with E-state index in [0.717, 1.165) is 21.7 Å². The lowest BCUT2D eigenvalue weighted by Crippen LogP contribution is -2.16. The first kappa shape index (κ1) is 12.2. The summed E-state index contributed by atoms with van der Waals surface area (Å²) in [6.07, 6.45) is 3.20. The molecule has 1 aromatic carbocycles. The van der Waals surface area contributed by atoms with Crippen LogP contribution < -0.4 is 5.73 Å². The highest BCUT2D eigenvalue weighted by molar-refractivity contribution is 6.27. The third-order valence-corrected chi connectivity index (χ3v) is 4.26. The highest BCUT2D eigenvalue weighted by atomic mass is 16.1. The van der Waals surface area contributed by atoms with Crippen molar-refractivity contribution in [1.29, 1.82) is 0 Å². The number of nitrogens with zero attached hydrogens (tertiary/aromatic N) is 3. The summed E-state index contributed by atoms with van der Waals surface area (Å²) < 4.78 is 0. The lowest BCUT2D eigenvalue weighted by atomic mass is 9.90. The lowest BCUT2D eigenvalue weighted by molar-refractivity contribution is 0.103. The molecule has 0 bridgehead atoms. The molecular weight excluding hydrogens is 288 g/mol. The number of aromatic nitrogens is 3. The zero-order chi connectivity index (χ0) is 15.6. The van der Waals surface area contributed by atoms with Crippen molar-refractivity contribution < 1.29 is 4.79 Å². The number of ketones is 1. The van der Waals surface area contributed by atoms with Gasteiger partial charge in [0, 0.05) is 28.9 Å². The van der Waals surface area contributed by atoms with E-state index < -0.39 is 0 Å². The van der Waals surface area contributed by atoms with Crippen molar-refractivity contribution in [2.75, 3.05) is 5.73 Å². The maximum atomic E-state index is 12.8. The number of pyridine rings is 3. The Balaban J connectivity index is 2.11. The first-order chi connectivity index (χ1) is 11.3. The number of carbonyl (C=O) groups excluding carboxylic acids is 1. The summed E-state index contributed by atoms with van der Waals surface area (Å²) in [5.41, 5.74) is 9.48. The number of nitrogen functional groups attached to an aromatic ring is 1. The Morgan fingerprint density at radius 2 is 1.61 bits per heavy atom. The van der Waals surface area contributed by atoms with Crippen LogP contribution in [0.2, 0.25) is 0 Å². The molecule has 0 saturated carbocycles. The van der Waals surface area contributed by atoms with Crippen LogP contribution in [-0.4, -0.2) is 20.7 Å². The van der Waals surface area contributed by atoms with Gasteiger partial charge in [-0.1, -0.05) is 18.2 Å². The van der Waals surface area contributed by atoms with E-state index in [0.29, 0.717) is 28.3 Å². The number of nitrogens with two attached hydrogens (primary N) is 1. The topological polar surface area (TPSA) is 81.8 Å². The van der Waals surface area contributed by atoms with E-state index in [2.05, 4.69) is 9.97 Å². The number of hydrogen-bond acceptors (Lipinski definition) is 5. The van der Waals surface area contributed by atoms with Crippen LogP contribution in [-0.2, 0) is 0 Å². The molecule has 0 saturated heterocycles. The van der Waals surface area contributed by atoms with Crippen molar-refractivity contribution in [2.45, 2.75) is 0 Å². The summed E-state index contributed by atoms with van der Waals surface area (Å²) in [7, 11) is 0. The molecule has 0 spiro atoms. The molecule has 2 N–H and O–H groups in total. The van der Waals surface area contributed by atoms with Crippen molar-refractivity contribution in [1.82, 2.24) is 15.0 Å². The minimum atomic E-state index is -0.206. The smallest absolute Gasteiger partial charge is 0.231 e. The van der Waals surface area contributed by atoms with Gasteiger partial charge in [0.2, 0.25) is 5.78 Å². The lowest BCUT2D eigenvalue weighted by Gasteiger charge is -2.19. The van der Waals surface area contributed by atoms with E-state index >= 15 is 0 Å². The monoisotopic (exact) mass is 298 g/mol. The Hall–Kier alpha value is -3.34. The van der Waals surface area contributed by atoms with E-state index in [4.69, 9.17) is 10.7 Å². The predicted molar refractivity (Wildman–Crippen MR) is 88.1 cm³/mol. The number of carbonyl (C=O) groups is 1. The molecule has 3 heterocycles. The maximum Gasteiger partial charge on any atom is 0.231 e. The van der Waals surface area contributed by atoms with E-state index in [1.54, 1.807) is 12.3 Å². The summed E-state index contributed by atoms with van der Waals surface area (Å²) in [6, 6.07) is 11.5. The van der Waals surface area contributed by atoms with Gasteiger partial charge in [-0.15, -0.1) is 0 Å². The second kappa shape index (κ2) is 4.10. The van der Waals surface area contributed by atoms with Crippen molar-refractivity contribution >= 4 is 33.1 Å². The molecule has 0 aliphatic heterocycles. The Bertz CT molecular complexity index is 1150. The van der Waals surface area contributed by atoms with E-state index in [-0.39, 0.29) is 5.78 Å². The average molecular weight is 298 g/mol. The van der Waals surface area contributed by atoms with Gasteiger partial charge in [-0.25, -0.2) is 4.98 Å². The van der Waals surface area contributed by atoms with Crippen LogP contribution >= 0.6 is 0 Å². The second-order valence-corrected chi connectivity index (χ2v) is 5.51. The SMILES string of the molecule is Nc1ccnc2c1-c1nc3ccccc3c3ccnc(c13)C2=O. The van der Waals surface area contributed by atoms with Crippen LogP contribution in [0.15, 0.2) is 48.8 Å². The van der Waals surface area contributed by atoms with Gasteiger partial charge in [-0.2, -0.15) is 0 Å². The second-order valence-electron chi connectivity index (χ2n) is 5.51. The quantitative estimate of drug-likeness (QED) is 0.444. The number of rotatable bonds is 0. The third kappa shape index (κ3) is 1.46. The number of anilines is 1. The molecule has 0 fully saturated rings. The Morgan fingerprint density at radius 3 is 2.52 bits per heavy atom. The number of hydrogen-bond donors (Lipinski definition) is 1. The van der Waals surface area contributed by atoms with Crippen molar-refractivity contribution in [3.8, 4) is 11.3 Å². The normalized spacial score (nSPS) is 12.6. The largest absolute Gasteiger partial charge is 0.398 e. The molecule has 5 rings (SSSR count). The summed E-state index contributed by atoms with van der Waals surface area (Å²) in [4.78, 5) is 26.0. The molecule has 23 heavy (non-hydrogen) atoms. The van der Waals surface area contributed by atoms with Crippen LogP contribution in [0.4, 0.5) is 5.69 Å². The van der Waals surface area contributed by atoms with Crippen LogP contribution in [0, 0.1) is 0 Å². The highest BCUT2D eigenvalue weighted by Crippen LogP contribution is 2.41. The minimum absolute atomic E-state index is 0.206. The van der Waals surface area contributed by atoms with E-state index in [9.17, 15) is 4.79 Å². The first-order valence-electron chi connectivity index (χ1n) is 7.22. The molecule has 1 aliphatic carbocycles. The summed E-state index contributed by atoms with van der Waals surface area (Å²) in [5, 5.41) is 2.70. The molecule has 4 aromatic rings. The van der Waals surface area contributed by atoms with Crippen LogP contribution in [0.5, 0.6) is 0 Å². The average Bonchev–Trinajstić information content (AvgIpc) is 2.59. The molecule has 0 amide bonds. The molecule has 1 aliphatic rings. The summed E-state index contributed by atoms with van der Waals surface area (Å²) >= 11 is 0. The van der Waals surface area contributed by atoms with Gasteiger partial charge < -0.3 is 5.73 Å². The highest BCUT2D eigenvalue weighted by Gasteiger charge is 2.30. The standard InChI is InChI=1S/C18H10N4O/c19-11-6-8-21-17-14(11)15-13-10(5-7-20-16(13)18(17)23)9-3-1-2-4-12(9)22-15/h1-8H,(H2,19,21). The minimum Gasteiger partial charge on any atom is -0.398 e. The van der Waals surface area contributed by atoms with E-state index in [1.165, 1.54) is 6.20 Å². The molecule has 0 atom stereocenters. The first-order valence-corrected chi connectivity index (χ1v) is 7.22. The van der Waals surface area contributed by atoms with Crippen molar-refractivity contribution in [3.63, 3.8) is 0 Å². The van der Waals surface area contributed by atoms with E-state index in [1.807, 2.05) is 30.3 Å². The fraction of sp³-hybridized carbons (Fsp3) is 0. The molecule has 3 aromatic heterocycles. The van der Waals surface area contributed by atoms with Gasteiger partial charge in [0.25, 0.3) is 0 Å². The fourth-order valence-electron chi connectivity index (χ4n) is 3.26. The van der Waals surface area contributed by atoms with Crippen molar-refractivity contribution in [3.05, 3.63) is 60.2 Å². The maximum absolute atomic E-state index is 12.8. The molecule has 0 unspecified atom stereocenters. The molecular formula is C18H10N4O. The van der Waals surface area contributed by atoms with Crippen LogP contribution in [0.1, 0.15) is 16.2 Å². The number of para-hydroxylation sites is 1. The molecule has 0 radical (unpaired) electrons. The zero-order valence-electron chi connectivity index (χ0n) is 11.9. The fourth-order valence-corrected chi connectivity index (χ4v) is 3.26. The Labute approximate surface area is 130 Å². The molecule has 5 heteroatoms. The Morgan fingerprint density at radius 1 is 0.826 bits per heavy atom. The van der Waals surface area contributed by atoms with Gasteiger partial charge >= 0.3 is 0 Å². The number of fused-ring (bicyclic) bond motifs is 4. The van der Waals surface area contributed by atoms with Crippen LogP contribution in [0.25, 0.3) is 32.9 Å².